The number of benzene rings is 2. The zero-order valence-corrected chi connectivity index (χ0v) is 16.7. The Hall–Kier alpha value is -2.87. The van der Waals surface area contributed by atoms with Crippen molar-refractivity contribution < 1.29 is 31.1 Å². The maximum absolute atomic E-state index is 13.2. The summed E-state index contributed by atoms with van der Waals surface area (Å²) in [5.74, 6) is -0.337. The molecule has 0 bridgehead atoms. The summed E-state index contributed by atoms with van der Waals surface area (Å²) in [5, 5.41) is 8.86. The van der Waals surface area contributed by atoms with E-state index in [0.29, 0.717) is 11.6 Å². The van der Waals surface area contributed by atoms with E-state index in [4.69, 9.17) is 11.0 Å². The van der Waals surface area contributed by atoms with Gasteiger partial charge >= 0.3 is 12.4 Å². The second-order valence-corrected chi connectivity index (χ2v) is 7.68. The Morgan fingerprint density at radius 2 is 1.71 bits per heavy atom. The number of alkyl halides is 6. The van der Waals surface area contributed by atoms with Crippen molar-refractivity contribution in [3.63, 3.8) is 0 Å². The van der Waals surface area contributed by atoms with E-state index in [1.165, 1.54) is 17.8 Å². The molecule has 2 aromatic carbocycles. The molecule has 0 aliphatic carbocycles. The summed E-state index contributed by atoms with van der Waals surface area (Å²) in [4.78, 5) is 12.4. The lowest BCUT2D eigenvalue weighted by molar-refractivity contribution is -0.137. The third kappa shape index (κ3) is 7.71. The largest absolute Gasteiger partial charge is 0.417 e. The fourth-order valence-corrected chi connectivity index (χ4v) is 3.63. The molecule has 31 heavy (non-hydrogen) atoms. The van der Waals surface area contributed by atoms with Crippen LogP contribution >= 0.6 is 11.8 Å². The first-order chi connectivity index (χ1) is 14.4. The number of thioether (sulfide) groups is 1. The molecule has 0 saturated carbocycles. The monoisotopic (exact) mass is 461 g/mol. The minimum atomic E-state index is -4.87. The molecule has 0 heterocycles. The number of primary amides is 1. The highest BCUT2D eigenvalue weighted by molar-refractivity contribution is 7.99. The molecule has 0 saturated heterocycles. The second-order valence-electron chi connectivity index (χ2n) is 6.51. The van der Waals surface area contributed by atoms with Crippen molar-refractivity contribution in [1.82, 2.24) is 0 Å². The van der Waals surface area contributed by atoms with Crippen molar-refractivity contribution in [3.8, 4) is 6.07 Å². The molecule has 2 N–H and O–H groups in total. The van der Waals surface area contributed by atoms with Gasteiger partial charge in [0.15, 0.2) is 0 Å². The molecule has 0 atom stereocenters. The zero-order chi connectivity index (χ0) is 23.2. The van der Waals surface area contributed by atoms with Crippen LogP contribution in [-0.4, -0.2) is 30.9 Å². The molecule has 0 aromatic heterocycles. The van der Waals surface area contributed by atoms with Crippen LogP contribution in [-0.2, 0) is 17.4 Å². The molecule has 4 nitrogen and oxygen atoms in total. The van der Waals surface area contributed by atoms with Gasteiger partial charge in [-0.15, -0.1) is 11.8 Å². The Balaban J connectivity index is 2.16. The van der Waals surface area contributed by atoms with Gasteiger partial charge in [0.1, 0.15) is 6.54 Å². The van der Waals surface area contributed by atoms with Gasteiger partial charge in [0.25, 0.3) is 0 Å². The number of amides is 1. The SMILES string of the molecule is N#Cc1ccc(N(CCSc2ccc(CC(N)=O)cc2)CC(F)(F)F)cc1C(F)(F)F. The van der Waals surface area contributed by atoms with Gasteiger partial charge in [-0.2, -0.15) is 31.6 Å². The lowest BCUT2D eigenvalue weighted by Gasteiger charge is -2.27. The lowest BCUT2D eigenvalue weighted by atomic mass is 10.1. The first-order valence-corrected chi connectivity index (χ1v) is 9.80. The zero-order valence-electron chi connectivity index (χ0n) is 15.9. The van der Waals surface area contributed by atoms with Crippen LogP contribution in [0.1, 0.15) is 16.7 Å². The molecule has 0 aliphatic heterocycles. The maximum atomic E-state index is 13.2. The molecule has 2 rings (SSSR count). The van der Waals surface area contributed by atoms with Crippen LogP contribution in [0.2, 0.25) is 0 Å². The molecule has 0 unspecified atom stereocenters. The number of nitrogens with zero attached hydrogens (tertiary/aromatic N) is 2. The van der Waals surface area contributed by atoms with Gasteiger partial charge in [-0.3, -0.25) is 4.79 Å². The number of halogens is 6. The van der Waals surface area contributed by atoms with E-state index in [-0.39, 0.29) is 24.4 Å². The number of carbonyl (C=O) groups excluding carboxylic acids is 1. The van der Waals surface area contributed by atoms with E-state index >= 15 is 0 Å². The summed E-state index contributed by atoms with van der Waals surface area (Å²) in [5.41, 5.74) is 3.58. The third-order valence-corrected chi connectivity index (χ3v) is 5.09. The summed E-state index contributed by atoms with van der Waals surface area (Å²) in [6.45, 7) is -1.62. The fraction of sp³-hybridized carbons (Fsp3) is 0.300. The Kier molecular flexibility index (Phi) is 7.84. The molecule has 0 radical (unpaired) electrons. The summed E-state index contributed by atoms with van der Waals surface area (Å²) in [6, 6.07) is 10.6. The van der Waals surface area contributed by atoms with Gasteiger partial charge in [0.05, 0.1) is 23.6 Å². The van der Waals surface area contributed by atoms with Crippen LogP contribution in [0.15, 0.2) is 47.4 Å². The van der Waals surface area contributed by atoms with Gasteiger partial charge in [0, 0.05) is 22.9 Å². The summed E-state index contributed by atoms with van der Waals surface area (Å²) in [6.07, 6.45) is -9.44. The molecule has 2 aromatic rings. The molecule has 166 valence electrons. The predicted octanol–water partition coefficient (Wildman–Crippen LogP) is 4.77. The minimum absolute atomic E-state index is 0.0601. The molecule has 0 spiro atoms. The highest BCUT2D eigenvalue weighted by Crippen LogP contribution is 2.35. The molecular formula is C20H17F6N3OS. The van der Waals surface area contributed by atoms with Crippen LogP contribution in [0, 0.1) is 11.3 Å². The summed E-state index contributed by atoms with van der Waals surface area (Å²) < 4.78 is 78.6. The first-order valence-electron chi connectivity index (χ1n) is 8.82. The Labute approximate surface area is 178 Å². The second kappa shape index (κ2) is 9.96. The molecular weight excluding hydrogens is 444 g/mol. The van der Waals surface area contributed by atoms with Gasteiger partial charge in [-0.25, -0.2) is 0 Å². The average Bonchev–Trinajstić information content (AvgIpc) is 2.66. The van der Waals surface area contributed by atoms with Crippen molar-refractivity contribution in [2.24, 2.45) is 5.73 Å². The Morgan fingerprint density at radius 1 is 1.06 bits per heavy atom. The number of hydrogen-bond donors (Lipinski definition) is 1. The van der Waals surface area contributed by atoms with Crippen molar-refractivity contribution in [1.29, 1.82) is 5.26 Å². The number of rotatable bonds is 8. The normalized spacial score (nSPS) is 11.8. The van der Waals surface area contributed by atoms with E-state index in [2.05, 4.69) is 0 Å². The minimum Gasteiger partial charge on any atom is -0.369 e. The van der Waals surface area contributed by atoms with Gasteiger partial charge in [-0.05, 0) is 35.9 Å². The molecule has 1 amide bonds. The topological polar surface area (TPSA) is 70.1 Å². The van der Waals surface area contributed by atoms with Crippen molar-refractivity contribution in [2.45, 2.75) is 23.7 Å². The fourth-order valence-electron chi connectivity index (χ4n) is 2.76. The quantitative estimate of drug-likeness (QED) is 0.454. The smallest absolute Gasteiger partial charge is 0.369 e. The molecule has 0 fully saturated rings. The summed E-state index contributed by atoms with van der Waals surface area (Å²) >= 11 is 1.21. The molecule has 0 aliphatic rings. The Morgan fingerprint density at radius 3 is 2.23 bits per heavy atom. The van der Waals surface area contributed by atoms with Crippen LogP contribution in [0.3, 0.4) is 0 Å². The van der Waals surface area contributed by atoms with Crippen LogP contribution in [0.25, 0.3) is 0 Å². The van der Waals surface area contributed by atoms with Gasteiger partial charge < -0.3 is 10.6 Å². The summed E-state index contributed by atoms with van der Waals surface area (Å²) in [7, 11) is 0. The highest BCUT2D eigenvalue weighted by Gasteiger charge is 2.36. The van der Waals surface area contributed by atoms with Crippen molar-refractivity contribution in [2.75, 3.05) is 23.7 Å². The van der Waals surface area contributed by atoms with Crippen LogP contribution in [0.4, 0.5) is 32.0 Å². The number of hydrogen-bond acceptors (Lipinski definition) is 4. The van der Waals surface area contributed by atoms with Gasteiger partial charge in [0.2, 0.25) is 5.91 Å². The van der Waals surface area contributed by atoms with Crippen LogP contribution in [0.5, 0.6) is 0 Å². The average molecular weight is 461 g/mol. The third-order valence-electron chi connectivity index (χ3n) is 4.10. The van der Waals surface area contributed by atoms with E-state index < -0.39 is 35.9 Å². The maximum Gasteiger partial charge on any atom is 0.417 e. The highest BCUT2D eigenvalue weighted by atomic mass is 32.2. The Bertz CT molecular complexity index is 951. The number of anilines is 1. The lowest BCUT2D eigenvalue weighted by Crippen LogP contribution is -2.36. The van der Waals surface area contributed by atoms with Crippen molar-refractivity contribution in [3.05, 3.63) is 59.2 Å². The first kappa shape index (κ1) is 24.4. The van der Waals surface area contributed by atoms with E-state index in [1.807, 2.05) is 0 Å². The van der Waals surface area contributed by atoms with E-state index in [9.17, 15) is 31.1 Å². The number of nitrogens with two attached hydrogens (primary N) is 1. The van der Waals surface area contributed by atoms with E-state index in [0.717, 1.165) is 21.9 Å². The predicted molar refractivity (Wildman–Crippen MR) is 104 cm³/mol. The van der Waals surface area contributed by atoms with Crippen LogP contribution < -0.4 is 10.6 Å². The number of carbonyl (C=O) groups is 1. The standard InChI is InChI=1S/C20H17F6N3OS/c21-19(22,23)12-29(15-4-3-14(11-27)17(10-15)20(24,25)26)7-8-31-16-5-1-13(2-6-16)9-18(28)30/h1-6,10H,7-9,12H2,(H2,28,30). The molecule has 11 heteroatoms. The van der Waals surface area contributed by atoms with E-state index in [1.54, 1.807) is 24.3 Å². The van der Waals surface area contributed by atoms with Gasteiger partial charge in [-0.1, -0.05) is 12.1 Å². The number of nitriles is 1. The van der Waals surface area contributed by atoms with Crippen molar-refractivity contribution >= 4 is 23.4 Å².